The van der Waals surface area contributed by atoms with Gasteiger partial charge in [0.05, 0.1) is 0 Å². The van der Waals surface area contributed by atoms with E-state index in [0.717, 1.165) is 0 Å². The van der Waals surface area contributed by atoms with Gasteiger partial charge in [-0.05, 0) is 6.42 Å². The summed E-state index contributed by atoms with van der Waals surface area (Å²) in [5.74, 6) is -0.291. The third-order valence-electron chi connectivity index (χ3n) is 2.91. The molecule has 0 aliphatic carbocycles. The molecule has 5 nitrogen and oxygen atoms in total. The first-order chi connectivity index (χ1) is 8.57. The van der Waals surface area contributed by atoms with Crippen molar-refractivity contribution >= 4 is 16.8 Å². The van der Waals surface area contributed by atoms with Gasteiger partial charge in [-0.15, -0.1) is 0 Å². The van der Waals surface area contributed by atoms with Crippen molar-refractivity contribution in [1.29, 1.82) is 0 Å². The third-order valence-corrected chi connectivity index (χ3v) is 2.91. The topological polar surface area (TPSA) is 71.0 Å². The Hall–Kier alpha value is -2.17. The first-order valence-electron chi connectivity index (χ1n) is 5.85. The molecular weight excluding hydrogens is 232 g/mol. The van der Waals surface area contributed by atoms with Gasteiger partial charge in [0.25, 0.3) is 16.7 Å². The zero-order chi connectivity index (χ0) is 13.3. The molecule has 0 N–H and O–H groups in total. The van der Waals surface area contributed by atoms with Crippen LogP contribution in [-0.4, -0.2) is 5.78 Å². The fourth-order valence-corrected chi connectivity index (χ4v) is 2.01. The van der Waals surface area contributed by atoms with Crippen molar-refractivity contribution in [2.75, 3.05) is 0 Å². The van der Waals surface area contributed by atoms with E-state index in [2.05, 4.69) is 0 Å². The highest BCUT2D eigenvalue weighted by atomic mass is 16.5. The molecular formula is C13H14N2O3. The van der Waals surface area contributed by atoms with Crippen molar-refractivity contribution in [3.8, 4) is 0 Å². The number of para-hydroxylation sites is 2. The number of nitrogens with zero attached hydrogens (tertiary/aromatic N) is 2. The number of hydrogen-bond donors (Lipinski definition) is 0. The van der Waals surface area contributed by atoms with E-state index in [1.165, 1.54) is 6.92 Å². The maximum Gasteiger partial charge on any atom is 0.328 e. The first kappa shape index (κ1) is 12.3. The molecule has 0 fully saturated rings. The monoisotopic (exact) mass is 246 g/mol. The molecule has 0 bridgehead atoms. The van der Waals surface area contributed by atoms with Gasteiger partial charge in [0.1, 0.15) is 0 Å². The van der Waals surface area contributed by atoms with Crippen molar-refractivity contribution in [2.24, 2.45) is 0 Å². The SMILES string of the molecule is CCCC(=O)c1c(C)[n+]([O-])c2ccccc2[n+]1[O-]. The number of aromatic nitrogens is 2. The van der Waals surface area contributed by atoms with Gasteiger partial charge < -0.3 is 10.4 Å². The van der Waals surface area contributed by atoms with Crippen molar-refractivity contribution in [2.45, 2.75) is 26.7 Å². The van der Waals surface area contributed by atoms with E-state index in [4.69, 9.17) is 0 Å². The van der Waals surface area contributed by atoms with Gasteiger partial charge >= 0.3 is 5.69 Å². The van der Waals surface area contributed by atoms with Crippen LogP contribution in [0, 0.1) is 17.3 Å². The maximum absolute atomic E-state index is 12.2. The van der Waals surface area contributed by atoms with Gasteiger partial charge in [-0.3, -0.25) is 4.79 Å². The van der Waals surface area contributed by atoms with Crippen LogP contribution >= 0.6 is 0 Å². The van der Waals surface area contributed by atoms with E-state index in [-0.39, 0.29) is 34.6 Å². The van der Waals surface area contributed by atoms with E-state index in [1.54, 1.807) is 24.3 Å². The fourth-order valence-electron chi connectivity index (χ4n) is 2.01. The number of benzene rings is 1. The molecule has 1 aromatic carbocycles. The highest BCUT2D eigenvalue weighted by Crippen LogP contribution is 2.10. The Kier molecular flexibility index (Phi) is 3.14. The summed E-state index contributed by atoms with van der Waals surface area (Å²) in [5, 5.41) is 24.2. The molecule has 0 aliphatic rings. The molecule has 0 unspecified atom stereocenters. The Morgan fingerprint density at radius 2 is 1.72 bits per heavy atom. The zero-order valence-corrected chi connectivity index (χ0v) is 10.3. The quantitative estimate of drug-likeness (QED) is 0.467. The summed E-state index contributed by atoms with van der Waals surface area (Å²) in [4.78, 5) is 11.9. The third kappa shape index (κ3) is 1.77. The van der Waals surface area contributed by atoms with E-state index >= 15 is 0 Å². The number of hydrogen-bond acceptors (Lipinski definition) is 3. The molecule has 5 heteroatoms. The van der Waals surface area contributed by atoms with Crippen molar-refractivity contribution in [3.63, 3.8) is 0 Å². The number of fused-ring (bicyclic) bond motifs is 1. The van der Waals surface area contributed by atoms with Crippen LogP contribution < -0.4 is 9.46 Å². The second-order valence-electron chi connectivity index (χ2n) is 4.18. The lowest BCUT2D eigenvalue weighted by Crippen LogP contribution is -2.46. The summed E-state index contributed by atoms with van der Waals surface area (Å²) in [6, 6.07) is 6.46. The van der Waals surface area contributed by atoms with Gasteiger partial charge in [0.15, 0.2) is 0 Å². The molecule has 2 rings (SSSR count). The number of carbonyl (C=O) groups excluding carboxylic acids is 1. The zero-order valence-electron chi connectivity index (χ0n) is 10.3. The molecule has 0 saturated heterocycles. The lowest BCUT2D eigenvalue weighted by atomic mass is 10.1. The number of rotatable bonds is 3. The summed E-state index contributed by atoms with van der Waals surface area (Å²) in [6.07, 6.45) is 0.908. The summed E-state index contributed by atoms with van der Waals surface area (Å²) in [5.41, 5.74) is 0.600. The number of ketones is 1. The number of Topliss-reactive ketones (excluding diaryl/α,β-unsaturated/α-hetero) is 1. The standard InChI is InChI=1S/C13H14N2O3/c1-3-6-12(16)13-9(2)14(17)10-7-4-5-8-11(10)15(13)18/h4-5,7-8H,3,6H2,1-2H3. The van der Waals surface area contributed by atoms with Crippen LogP contribution in [0.15, 0.2) is 24.3 Å². The average Bonchev–Trinajstić information content (AvgIpc) is 2.37. The lowest BCUT2D eigenvalue weighted by Gasteiger charge is -2.10. The molecule has 0 radical (unpaired) electrons. The summed E-state index contributed by atoms with van der Waals surface area (Å²) >= 11 is 0. The maximum atomic E-state index is 12.2. The normalized spacial score (nSPS) is 10.8. The van der Waals surface area contributed by atoms with Crippen LogP contribution in [0.2, 0.25) is 0 Å². The molecule has 1 aromatic heterocycles. The molecule has 0 saturated carbocycles. The van der Waals surface area contributed by atoms with Gasteiger partial charge in [-0.25, -0.2) is 0 Å². The highest BCUT2D eigenvalue weighted by Gasteiger charge is 2.29. The lowest BCUT2D eigenvalue weighted by molar-refractivity contribution is -0.635. The molecule has 18 heavy (non-hydrogen) atoms. The Labute approximate surface area is 104 Å². The Morgan fingerprint density at radius 3 is 2.28 bits per heavy atom. The van der Waals surface area contributed by atoms with Gasteiger partial charge in [-0.2, -0.15) is 9.46 Å². The minimum Gasteiger partial charge on any atom is -0.618 e. The molecule has 0 aliphatic heterocycles. The van der Waals surface area contributed by atoms with E-state index in [0.29, 0.717) is 15.9 Å². The van der Waals surface area contributed by atoms with Crippen LogP contribution in [-0.2, 0) is 0 Å². The number of carbonyl (C=O) groups is 1. The van der Waals surface area contributed by atoms with Gasteiger partial charge in [-0.1, -0.05) is 19.1 Å². The van der Waals surface area contributed by atoms with E-state index in [9.17, 15) is 15.2 Å². The summed E-state index contributed by atoms with van der Waals surface area (Å²) < 4.78 is 1.21. The van der Waals surface area contributed by atoms with Crippen LogP contribution in [0.5, 0.6) is 0 Å². The Morgan fingerprint density at radius 1 is 1.17 bits per heavy atom. The van der Waals surface area contributed by atoms with Crippen LogP contribution in [0.3, 0.4) is 0 Å². The van der Waals surface area contributed by atoms with Crippen LogP contribution in [0.4, 0.5) is 0 Å². The van der Waals surface area contributed by atoms with E-state index in [1.807, 2.05) is 6.92 Å². The molecule has 0 atom stereocenters. The summed E-state index contributed by atoms with van der Waals surface area (Å²) in [7, 11) is 0. The first-order valence-corrected chi connectivity index (χ1v) is 5.85. The van der Waals surface area contributed by atoms with Crippen molar-refractivity contribution in [3.05, 3.63) is 46.1 Å². The second kappa shape index (κ2) is 4.60. The predicted molar refractivity (Wildman–Crippen MR) is 65.8 cm³/mol. The fraction of sp³-hybridized carbons (Fsp3) is 0.308. The molecule has 2 aromatic rings. The average molecular weight is 246 g/mol. The van der Waals surface area contributed by atoms with E-state index < -0.39 is 0 Å². The predicted octanol–water partition coefficient (Wildman–Crippen LogP) is 1.40. The van der Waals surface area contributed by atoms with Crippen LogP contribution in [0.1, 0.15) is 35.9 Å². The van der Waals surface area contributed by atoms with Crippen molar-refractivity contribution < 1.29 is 14.3 Å². The molecule has 0 amide bonds. The Bertz CT molecular complexity index is 623. The minimum atomic E-state index is -0.291. The molecule has 94 valence electrons. The summed E-state index contributed by atoms with van der Waals surface area (Å²) in [6.45, 7) is 3.35. The minimum absolute atomic E-state index is 0.0504. The Balaban J connectivity index is 2.78. The van der Waals surface area contributed by atoms with Gasteiger partial charge in [0, 0.05) is 25.5 Å². The largest absolute Gasteiger partial charge is 0.618 e. The molecule has 1 heterocycles. The van der Waals surface area contributed by atoms with Crippen LogP contribution in [0.25, 0.3) is 11.0 Å². The second-order valence-corrected chi connectivity index (χ2v) is 4.18. The van der Waals surface area contributed by atoms with Gasteiger partial charge in [0.2, 0.25) is 5.78 Å². The highest BCUT2D eigenvalue weighted by molar-refractivity contribution is 5.94. The smallest absolute Gasteiger partial charge is 0.328 e. The van der Waals surface area contributed by atoms with Crippen molar-refractivity contribution in [1.82, 2.24) is 0 Å². The molecule has 0 spiro atoms.